The molecule has 2 N–H and O–H groups in total. The summed E-state index contributed by atoms with van der Waals surface area (Å²) >= 11 is 0. The molecule has 0 bridgehead atoms. The number of hydrogen-bond acceptors (Lipinski definition) is 3. The zero-order valence-electron chi connectivity index (χ0n) is 12.5. The highest BCUT2D eigenvalue weighted by Crippen LogP contribution is 2.19. The number of rotatable bonds is 4. The first kappa shape index (κ1) is 14.1. The number of nitrogens with zero attached hydrogens (tertiary/aromatic N) is 1. The summed E-state index contributed by atoms with van der Waals surface area (Å²) in [5, 5.41) is 2.87. The Hall–Kier alpha value is -2.82. The number of carbonyl (C=O) groups excluding carboxylic acids is 1. The molecule has 0 saturated heterocycles. The average Bonchev–Trinajstić information content (AvgIpc) is 2.97. The van der Waals surface area contributed by atoms with Crippen LogP contribution in [0.25, 0.3) is 11.0 Å². The molecule has 0 atom stereocenters. The van der Waals surface area contributed by atoms with Crippen LogP contribution in [0.2, 0.25) is 0 Å². The molecule has 0 unspecified atom stereocenters. The van der Waals surface area contributed by atoms with Crippen molar-refractivity contribution >= 4 is 22.6 Å². The van der Waals surface area contributed by atoms with E-state index in [1.807, 2.05) is 50.2 Å². The fourth-order valence-corrected chi connectivity index (χ4v) is 2.24. The smallest absolute Gasteiger partial charge is 0.257 e. The van der Waals surface area contributed by atoms with E-state index in [4.69, 9.17) is 4.74 Å². The van der Waals surface area contributed by atoms with Gasteiger partial charge in [-0.05, 0) is 50.2 Å². The summed E-state index contributed by atoms with van der Waals surface area (Å²) in [4.78, 5) is 19.6. The Labute approximate surface area is 128 Å². The van der Waals surface area contributed by atoms with E-state index < -0.39 is 0 Å². The van der Waals surface area contributed by atoms with Gasteiger partial charge in [-0.3, -0.25) is 4.79 Å². The predicted octanol–water partition coefficient (Wildman–Crippen LogP) is 3.60. The molecule has 112 valence electrons. The minimum atomic E-state index is -0.185. The monoisotopic (exact) mass is 295 g/mol. The zero-order valence-corrected chi connectivity index (χ0v) is 12.5. The lowest BCUT2D eigenvalue weighted by atomic mass is 10.1. The van der Waals surface area contributed by atoms with Gasteiger partial charge in [-0.15, -0.1) is 0 Å². The maximum absolute atomic E-state index is 12.4. The number of H-pyrrole nitrogens is 1. The fraction of sp³-hybridized carbons (Fsp3) is 0.176. The van der Waals surface area contributed by atoms with Crippen LogP contribution < -0.4 is 10.1 Å². The quantitative estimate of drug-likeness (QED) is 0.772. The number of amides is 1. The van der Waals surface area contributed by atoms with Gasteiger partial charge in [0.1, 0.15) is 11.3 Å². The van der Waals surface area contributed by atoms with Crippen molar-refractivity contribution in [1.82, 2.24) is 9.97 Å². The third kappa shape index (κ3) is 2.93. The van der Waals surface area contributed by atoms with Crippen LogP contribution >= 0.6 is 0 Å². The Balaban J connectivity index is 1.78. The van der Waals surface area contributed by atoms with E-state index in [2.05, 4.69) is 15.3 Å². The number of nitrogens with one attached hydrogen (secondary N) is 2. The van der Waals surface area contributed by atoms with Gasteiger partial charge in [-0.1, -0.05) is 6.07 Å². The van der Waals surface area contributed by atoms with E-state index in [0.29, 0.717) is 16.8 Å². The Bertz CT molecular complexity index is 791. The summed E-state index contributed by atoms with van der Waals surface area (Å²) in [6.07, 6.45) is 1.71. The second kappa shape index (κ2) is 5.89. The van der Waals surface area contributed by atoms with Crippen molar-refractivity contribution in [2.24, 2.45) is 0 Å². The molecule has 5 heteroatoms. The van der Waals surface area contributed by atoms with Gasteiger partial charge in [0, 0.05) is 5.69 Å². The lowest BCUT2D eigenvalue weighted by Crippen LogP contribution is -2.12. The SMILES string of the molecule is CC(C)Oc1ccc(NC(=O)c2cccc3[nH]cnc23)cc1. The molecule has 1 aromatic heterocycles. The van der Waals surface area contributed by atoms with E-state index in [0.717, 1.165) is 11.3 Å². The molecule has 3 rings (SSSR count). The molecule has 3 aromatic rings. The third-order valence-corrected chi connectivity index (χ3v) is 3.18. The summed E-state index contributed by atoms with van der Waals surface area (Å²) in [7, 11) is 0. The van der Waals surface area contributed by atoms with Crippen molar-refractivity contribution in [1.29, 1.82) is 0 Å². The number of anilines is 1. The number of imidazole rings is 1. The van der Waals surface area contributed by atoms with Gasteiger partial charge in [-0.25, -0.2) is 4.98 Å². The molecule has 2 aromatic carbocycles. The van der Waals surface area contributed by atoms with Crippen molar-refractivity contribution in [3.8, 4) is 5.75 Å². The molecule has 0 saturated carbocycles. The summed E-state index contributed by atoms with van der Waals surface area (Å²) < 4.78 is 5.58. The van der Waals surface area contributed by atoms with E-state index in [1.54, 1.807) is 12.4 Å². The molecule has 0 spiro atoms. The second-order valence-corrected chi connectivity index (χ2v) is 5.25. The van der Waals surface area contributed by atoms with Gasteiger partial charge in [0.05, 0.1) is 23.5 Å². The largest absolute Gasteiger partial charge is 0.491 e. The normalized spacial score (nSPS) is 10.9. The maximum atomic E-state index is 12.4. The first-order valence-corrected chi connectivity index (χ1v) is 7.13. The number of hydrogen-bond donors (Lipinski definition) is 2. The highest BCUT2D eigenvalue weighted by atomic mass is 16.5. The van der Waals surface area contributed by atoms with Crippen molar-refractivity contribution in [2.45, 2.75) is 20.0 Å². The minimum absolute atomic E-state index is 0.123. The molecule has 22 heavy (non-hydrogen) atoms. The summed E-state index contributed by atoms with van der Waals surface area (Å²) in [5.74, 6) is 0.595. The molecule has 0 fully saturated rings. The zero-order chi connectivity index (χ0) is 15.5. The lowest BCUT2D eigenvalue weighted by molar-refractivity contribution is 0.102. The summed E-state index contributed by atoms with van der Waals surface area (Å²) in [6, 6.07) is 12.8. The molecule has 0 radical (unpaired) electrons. The molecule has 1 heterocycles. The molecular weight excluding hydrogens is 278 g/mol. The van der Waals surface area contributed by atoms with Crippen LogP contribution in [0.15, 0.2) is 48.8 Å². The number of fused-ring (bicyclic) bond motifs is 1. The molecule has 5 nitrogen and oxygen atoms in total. The Morgan fingerprint density at radius 1 is 1.18 bits per heavy atom. The van der Waals surface area contributed by atoms with Gasteiger partial charge >= 0.3 is 0 Å². The van der Waals surface area contributed by atoms with E-state index in [9.17, 15) is 4.79 Å². The third-order valence-electron chi connectivity index (χ3n) is 3.18. The summed E-state index contributed by atoms with van der Waals surface area (Å²) in [5.41, 5.74) is 2.77. The van der Waals surface area contributed by atoms with Crippen LogP contribution in [0.5, 0.6) is 5.75 Å². The van der Waals surface area contributed by atoms with E-state index in [-0.39, 0.29) is 12.0 Å². The highest BCUT2D eigenvalue weighted by Gasteiger charge is 2.12. The van der Waals surface area contributed by atoms with E-state index >= 15 is 0 Å². The van der Waals surface area contributed by atoms with Crippen LogP contribution in [-0.4, -0.2) is 22.0 Å². The first-order chi connectivity index (χ1) is 10.6. The molecule has 0 aliphatic carbocycles. The second-order valence-electron chi connectivity index (χ2n) is 5.25. The number of aromatic amines is 1. The van der Waals surface area contributed by atoms with Crippen LogP contribution in [0.3, 0.4) is 0 Å². The van der Waals surface area contributed by atoms with Gasteiger partial charge < -0.3 is 15.0 Å². The minimum Gasteiger partial charge on any atom is -0.491 e. The summed E-state index contributed by atoms with van der Waals surface area (Å²) in [6.45, 7) is 3.94. The number of ether oxygens (including phenoxy) is 1. The van der Waals surface area contributed by atoms with Crippen LogP contribution in [-0.2, 0) is 0 Å². The number of para-hydroxylation sites is 1. The van der Waals surface area contributed by atoms with Crippen LogP contribution in [0.1, 0.15) is 24.2 Å². The number of carbonyl (C=O) groups is 1. The van der Waals surface area contributed by atoms with Crippen molar-refractivity contribution in [3.63, 3.8) is 0 Å². The van der Waals surface area contributed by atoms with Crippen molar-refractivity contribution < 1.29 is 9.53 Å². The number of aromatic nitrogens is 2. The topological polar surface area (TPSA) is 67.0 Å². The Morgan fingerprint density at radius 2 is 1.95 bits per heavy atom. The van der Waals surface area contributed by atoms with Gasteiger partial charge in [0.15, 0.2) is 0 Å². The van der Waals surface area contributed by atoms with Crippen LogP contribution in [0.4, 0.5) is 5.69 Å². The van der Waals surface area contributed by atoms with E-state index in [1.165, 1.54) is 0 Å². The Morgan fingerprint density at radius 3 is 2.68 bits per heavy atom. The van der Waals surface area contributed by atoms with Gasteiger partial charge in [0.2, 0.25) is 0 Å². The molecular formula is C17H17N3O2. The molecule has 0 aliphatic heterocycles. The first-order valence-electron chi connectivity index (χ1n) is 7.13. The van der Waals surface area contributed by atoms with Crippen LogP contribution in [0, 0.1) is 0 Å². The Kier molecular flexibility index (Phi) is 3.78. The van der Waals surface area contributed by atoms with Crippen molar-refractivity contribution in [2.75, 3.05) is 5.32 Å². The van der Waals surface area contributed by atoms with Gasteiger partial charge in [0.25, 0.3) is 5.91 Å². The fourth-order valence-electron chi connectivity index (χ4n) is 2.24. The standard InChI is InChI=1S/C17H17N3O2/c1-11(2)22-13-8-6-12(7-9-13)20-17(21)14-4-3-5-15-16(14)19-10-18-15/h3-11H,1-2H3,(H,18,19)(H,20,21). The molecule has 0 aliphatic rings. The molecule has 1 amide bonds. The average molecular weight is 295 g/mol. The highest BCUT2D eigenvalue weighted by molar-refractivity contribution is 6.11. The van der Waals surface area contributed by atoms with Gasteiger partial charge in [-0.2, -0.15) is 0 Å². The predicted molar refractivity (Wildman–Crippen MR) is 86.3 cm³/mol. The maximum Gasteiger partial charge on any atom is 0.257 e. The number of benzene rings is 2. The lowest BCUT2D eigenvalue weighted by Gasteiger charge is -2.10. The van der Waals surface area contributed by atoms with Crippen molar-refractivity contribution in [3.05, 3.63) is 54.4 Å².